The lowest BCUT2D eigenvalue weighted by molar-refractivity contribution is -0.458. The van der Waals surface area contributed by atoms with Crippen LogP contribution in [0.25, 0.3) is 0 Å². The van der Waals surface area contributed by atoms with E-state index in [2.05, 4.69) is 4.28 Å². The summed E-state index contributed by atoms with van der Waals surface area (Å²) in [5.41, 5.74) is 0. The minimum atomic E-state index is -9.01. The highest BCUT2D eigenvalue weighted by Gasteiger charge is 2.96. The predicted octanol–water partition coefficient (Wildman–Crippen LogP) is 5.02. The van der Waals surface area contributed by atoms with E-state index in [4.69, 9.17) is 0 Å². The number of carbonyl (C=O) groups is 2. The molecule has 41 heavy (non-hydrogen) atoms. The second kappa shape index (κ2) is 8.58. The summed E-state index contributed by atoms with van der Waals surface area (Å²) in [6.45, 7) is 0. The van der Waals surface area contributed by atoms with E-state index in [0.29, 0.717) is 0 Å². The van der Waals surface area contributed by atoms with Crippen molar-refractivity contribution in [3.8, 4) is 0 Å². The average Bonchev–Trinajstić information content (AvgIpc) is 3.47. The van der Waals surface area contributed by atoms with E-state index in [1.807, 2.05) is 0 Å². The lowest BCUT2D eigenvalue weighted by Crippen LogP contribution is -2.75. The fourth-order valence-corrected chi connectivity index (χ4v) is 5.28. The molecule has 3 aliphatic rings. The molecule has 4 atom stereocenters. The fourth-order valence-electron chi connectivity index (χ4n) is 4.40. The van der Waals surface area contributed by atoms with Gasteiger partial charge in [0, 0.05) is 0 Å². The molecule has 2 aliphatic carbocycles. The molecule has 1 saturated heterocycles. The first-order valence-electron chi connectivity index (χ1n) is 10.1. The summed E-state index contributed by atoms with van der Waals surface area (Å²) in [6, 6.07) is 0. The molecule has 3 rings (SSSR count). The Bertz CT molecular complexity index is 1240. The molecule has 6 nitrogen and oxygen atoms in total. The van der Waals surface area contributed by atoms with Crippen molar-refractivity contribution in [1.82, 2.24) is 5.06 Å². The zero-order valence-electron chi connectivity index (χ0n) is 18.5. The van der Waals surface area contributed by atoms with Gasteiger partial charge >= 0.3 is 57.1 Å². The molecule has 0 radical (unpaired) electrons. The lowest BCUT2D eigenvalue weighted by Gasteiger charge is -2.42. The number of allylic oxidation sites excluding steroid dienone is 2. The van der Waals surface area contributed by atoms with Crippen molar-refractivity contribution in [3.63, 3.8) is 0 Å². The highest BCUT2D eigenvalue weighted by Crippen LogP contribution is 2.64. The number of nitrogens with zero attached hydrogens (tertiary/aromatic N) is 1. The SMILES string of the molecule is O=C1C2C3C=CC(C3)C2C(=O)N1OS(=O)(=O)C(F)(F)C(F)(F)C(F)(F)C(F)(F)C(F)(F)C(F)(F)C(F)(F)C(F)(F)F. The first kappa shape index (κ1) is 33.1. The number of halogens is 17. The summed E-state index contributed by atoms with van der Waals surface area (Å²) in [4.78, 5) is 24.5. The van der Waals surface area contributed by atoms with Gasteiger partial charge in [-0.25, -0.2) is 0 Å². The molecule has 0 aromatic carbocycles. The van der Waals surface area contributed by atoms with Gasteiger partial charge in [0.25, 0.3) is 11.8 Å². The summed E-state index contributed by atoms with van der Waals surface area (Å²) >= 11 is 0. The van der Waals surface area contributed by atoms with Gasteiger partial charge in [-0.1, -0.05) is 12.2 Å². The number of alkyl halides is 17. The Morgan fingerprint density at radius 1 is 0.585 bits per heavy atom. The second-order valence-electron chi connectivity index (χ2n) is 8.96. The molecule has 24 heteroatoms. The van der Waals surface area contributed by atoms with Gasteiger partial charge in [0.2, 0.25) is 0 Å². The Hall–Kier alpha value is -2.40. The summed E-state index contributed by atoms with van der Waals surface area (Å²) in [6.07, 6.45) is -5.33. The van der Waals surface area contributed by atoms with Crippen LogP contribution in [0.4, 0.5) is 74.6 Å². The monoisotopic (exact) mass is 661 g/mol. The smallest absolute Gasteiger partial charge is 0.272 e. The van der Waals surface area contributed by atoms with Crippen LogP contribution in [0.15, 0.2) is 12.2 Å². The van der Waals surface area contributed by atoms with Crippen molar-refractivity contribution in [3.05, 3.63) is 12.2 Å². The van der Waals surface area contributed by atoms with Crippen LogP contribution in [0.3, 0.4) is 0 Å². The Labute approximate surface area is 214 Å². The van der Waals surface area contributed by atoms with Gasteiger partial charge in [-0.15, -0.1) is 9.35 Å². The van der Waals surface area contributed by atoms with Crippen molar-refractivity contribution in [2.75, 3.05) is 0 Å². The maximum atomic E-state index is 14.2. The highest BCUT2D eigenvalue weighted by atomic mass is 32.2. The molecular formula is C17H8F17NO5S. The molecule has 0 aromatic rings. The summed E-state index contributed by atoms with van der Waals surface area (Å²) in [5.74, 6) is -61.2. The maximum Gasteiger partial charge on any atom is 0.460 e. The second-order valence-corrected chi connectivity index (χ2v) is 10.5. The molecule has 0 N–H and O–H groups in total. The molecule has 0 spiro atoms. The number of fused-ring (bicyclic) bond motifs is 5. The number of amides is 2. The van der Waals surface area contributed by atoms with E-state index in [9.17, 15) is 92.6 Å². The molecular weight excluding hydrogens is 653 g/mol. The van der Waals surface area contributed by atoms with Gasteiger partial charge < -0.3 is 0 Å². The summed E-state index contributed by atoms with van der Waals surface area (Å²) in [7, 11) is -8.08. The number of rotatable bonds is 9. The zero-order chi connectivity index (χ0) is 32.4. The topological polar surface area (TPSA) is 80.8 Å². The molecule has 1 saturated carbocycles. The maximum absolute atomic E-state index is 14.2. The van der Waals surface area contributed by atoms with E-state index in [-0.39, 0.29) is 6.42 Å². The molecule has 236 valence electrons. The lowest BCUT2D eigenvalue weighted by atomic mass is 9.85. The van der Waals surface area contributed by atoms with Crippen LogP contribution in [0.5, 0.6) is 0 Å². The number of carbonyl (C=O) groups excluding carboxylic acids is 2. The van der Waals surface area contributed by atoms with Crippen LogP contribution in [-0.4, -0.2) is 72.3 Å². The van der Waals surface area contributed by atoms with Gasteiger partial charge in [-0.05, 0) is 18.3 Å². The van der Waals surface area contributed by atoms with Crippen LogP contribution in [0.1, 0.15) is 6.42 Å². The van der Waals surface area contributed by atoms with Crippen LogP contribution in [-0.2, 0) is 24.0 Å². The Morgan fingerprint density at radius 3 is 1.24 bits per heavy atom. The largest absolute Gasteiger partial charge is 0.460 e. The van der Waals surface area contributed by atoms with Crippen molar-refractivity contribution in [2.45, 2.75) is 53.4 Å². The predicted molar refractivity (Wildman–Crippen MR) is 90.3 cm³/mol. The van der Waals surface area contributed by atoms with Crippen LogP contribution in [0.2, 0.25) is 0 Å². The molecule has 1 heterocycles. The normalized spacial score (nSPS) is 26.8. The van der Waals surface area contributed by atoms with Crippen molar-refractivity contribution < 1.29 is 96.9 Å². The van der Waals surface area contributed by atoms with Gasteiger partial charge in [-0.2, -0.15) is 83.1 Å². The van der Waals surface area contributed by atoms with Gasteiger partial charge in [0.15, 0.2) is 0 Å². The van der Waals surface area contributed by atoms with Gasteiger partial charge in [0.05, 0.1) is 11.8 Å². The van der Waals surface area contributed by atoms with Gasteiger partial charge in [0.1, 0.15) is 0 Å². The van der Waals surface area contributed by atoms with E-state index >= 15 is 0 Å². The number of hydroxylamine groups is 2. The Kier molecular flexibility index (Phi) is 6.93. The molecule has 2 fully saturated rings. The summed E-state index contributed by atoms with van der Waals surface area (Å²) < 4.78 is 254. The third kappa shape index (κ3) is 3.83. The summed E-state index contributed by atoms with van der Waals surface area (Å²) in [5, 5.41) is -9.16. The molecule has 2 amide bonds. The van der Waals surface area contributed by atoms with Crippen molar-refractivity contribution >= 4 is 21.9 Å². The van der Waals surface area contributed by atoms with Crippen molar-refractivity contribution in [2.24, 2.45) is 23.7 Å². The Balaban J connectivity index is 2.01. The van der Waals surface area contributed by atoms with Gasteiger partial charge in [-0.3, -0.25) is 9.59 Å². The third-order valence-electron chi connectivity index (χ3n) is 6.61. The number of hydrogen-bond acceptors (Lipinski definition) is 5. The average molecular weight is 661 g/mol. The first-order valence-corrected chi connectivity index (χ1v) is 11.5. The van der Waals surface area contributed by atoms with Crippen molar-refractivity contribution in [1.29, 1.82) is 0 Å². The standard InChI is InChI=1S/C17H8F17NO5S/c18-10(19,12(22,23)14(26,27)16(30,31)32)11(20,21)13(24,25)15(28,29)17(33,34)41(38,39)40-35-8(36)6-4-1-2-5(3-4)7(6)9(35)37/h1-2,4-7H,3H2. The fraction of sp³-hybridized carbons (Fsp3) is 0.765. The van der Waals surface area contributed by atoms with Crippen LogP contribution < -0.4 is 0 Å². The molecule has 4 unspecified atom stereocenters. The van der Waals surface area contributed by atoms with E-state index < -0.39 is 97.6 Å². The van der Waals surface area contributed by atoms with Crippen LogP contribution in [0, 0.1) is 23.7 Å². The number of imide groups is 1. The first-order chi connectivity index (χ1) is 17.9. The zero-order valence-corrected chi connectivity index (χ0v) is 19.3. The number of hydrogen-bond donors (Lipinski definition) is 0. The van der Waals surface area contributed by atoms with E-state index in [1.54, 1.807) is 0 Å². The Morgan fingerprint density at radius 2 is 0.902 bits per heavy atom. The molecule has 1 aliphatic heterocycles. The minimum absolute atomic E-state index is 0.0647. The van der Waals surface area contributed by atoms with Crippen LogP contribution >= 0.6 is 0 Å². The molecule has 0 aromatic heterocycles. The quantitative estimate of drug-likeness (QED) is 0.197. The minimum Gasteiger partial charge on any atom is -0.272 e. The van der Waals surface area contributed by atoms with E-state index in [1.165, 1.54) is 12.2 Å². The van der Waals surface area contributed by atoms with E-state index in [0.717, 1.165) is 0 Å². The third-order valence-corrected chi connectivity index (χ3v) is 7.84. The highest BCUT2D eigenvalue weighted by molar-refractivity contribution is 7.87. The molecule has 2 bridgehead atoms.